The number of hydrogen-bond acceptors (Lipinski definition) is 5. The van der Waals surface area contributed by atoms with Gasteiger partial charge in [0.25, 0.3) is 5.89 Å². The van der Waals surface area contributed by atoms with Crippen LogP contribution < -0.4 is 4.74 Å². The molecule has 0 saturated heterocycles. The molecule has 0 bridgehead atoms. The lowest BCUT2D eigenvalue weighted by atomic mass is 10.1. The number of aryl methyl sites for hydroxylation is 1. The summed E-state index contributed by atoms with van der Waals surface area (Å²) >= 11 is 5.94. The first-order chi connectivity index (χ1) is 12.2. The van der Waals surface area contributed by atoms with Crippen molar-refractivity contribution < 1.29 is 9.26 Å². The van der Waals surface area contributed by atoms with Gasteiger partial charge < -0.3 is 9.26 Å². The Kier molecular flexibility index (Phi) is 4.07. The van der Waals surface area contributed by atoms with E-state index in [4.69, 9.17) is 20.9 Å². The third-order valence-corrected chi connectivity index (χ3v) is 3.95. The molecule has 5 nitrogen and oxygen atoms in total. The second kappa shape index (κ2) is 6.53. The van der Waals surface area contributed by atoms with Crippen LogP contribution in [0.3, 0.4) is 0 Å². The summed E-state index contributed by atoms with van der Waals surface area (Å²) in [5.41, 5.74) is 2.69. The van der Waals surface area contributed by atoms with Gasteiger partial charge in [-0.05, 0) is 37.3 Å². The Morgan fingerprint density at radius 1 is 1.04 bits per heavy atom. The lowest BCUT2D eigenvalue weighted by Crippen LogP contribution is -1.96. The number of rotatable bonds is 4. The molecule has 0 atom stereocenters. The Morgan fingerprint density at radius 2 is 1.92 bits per heavy atom. The van der Waals surface area contributed by atoms with Crippen LogP contribution in [0.5, 0.6) is 5.75 Å². The van der Waals surface area contributed by atoms with Crippen molar-refractivity contribution in [2.45, 2.75) is 13.5 Å². The molecule has 0 radical (unpaired) electrons. The fourth-order valence-corrected chi connectivity index (χ4v) is 2.80. The van der Waals surface area contributed by atoms with E-state index in [1.807, 2.05) is 49.4 Å². The highest BCUT2D eigenvalue weighted by molar-refractivity contribution is 6.30. The minimum absolute atomic E-state index is 0.176. The topological polar surface area (TPSA) is 61.0 Å². The Hall–Kier alpha value is -2.92. The van der Waals surface area contributed by atoms with Gasteiger partial charge in [-0.25, -0.2) is 0 Å². The largest absolute Gasteiger partial charge is 0.484 e. The smallest absolute Gasteiger partial charge is 0.264 e. The minimum Gasteiger partial charge on any atom is -0.484 e. The molecule has 4 rings (SSSR count). The molecule has 0 fully saturated rings. The van der Waals surface area contributed by atoms with Crippen LogP contribution in [0.1, 0.15) is 11.6 Å². The molecule has 6 heteroatoms. The number of fused-ring (bicyclic) bond motifs is 1. The fraction of sp³-hybridized carbons (Fsp3) is 0.105. The van der Waals surface area contributed by atoms with Crippen LogP contribution >= 0.6 is 11.6 Å². The number of hydrogen-bond donors (Lipinski definition) is 0. The number of pyridine rings is 1. The lowest BCUT2D eigenvalue weighted by Gasteiger charge is -2.04. The molecule has 124 valence electrons. The Labute approximate surface area is 149 Å². The normalized spacial score (nSPS) is 11.0. The zero-order valence-electron chi connectivity index (χ0n) is 13.4. The third-order valence-electron chi connectivity index (χ3n) is 3.71. The maximum Gasteiger partial charge on any atom is 0.264 e. The predicted molar refractivity (Wildman–Crippen MR) is 95.6 cm³/mol. The maximum atomic E-state index is 5.94. The lowest BCUT2D eigenvalue weighted by molar-refractivity contribution is 0.243. The molecule has 0 aliphatic carbocycles. The van der Waals surface area contributed by atoms with Gasteiger partial charge in [-0.1, -0.05) is 41.0 Å². The molecule has 0 saturated carbocycles. The summed E-state index contributed by atoms with van der Waals surface area (Å²) < 4.78 is 11.0. The van der Waals surface area contributed by atoms with E-state index in [0.717, 1.165) is 22.2 Å². The number of benzene rings is 2. The van der Waals surface area contributed by atoms with E-state index >= 15 is 0 Å². The van der Waals surface area contributed by atoms with Crippen molar-refractivity contribution in [1.82, 2.24) is 15.1 Å². The van der Waals surface area contributed by atoms with Crippen LogP contribution in [-0.4, -0.2) is 15.1 Å². The van der Waals surface area contributed by atoms with Crippen LogP contribution in [0, 0.1) is 6.92 Å². The zero-order valence-corrected chi connectivity index (χ0v) is 14.2. The highest BCUT2D eigenvalue weighted by Crippen LogP contribution is 2.26. The maximum absolute atomic E-state index is 5.94. The summed E-state index contributed by atoms with van der Waals surface area (Å²) in [6.07, 6.45) is 0. The molecule has 25 heavy (non-hydrogen) atoms. The Bertz CT molecular complexity index is 1050. The van der Waals surface area contributed by atoms with Gasteiger partial charge in [-0.3, -0.25) is 4.98 Å². The molecule has 0 spiro atoms. The zero-order chi connectivity index (χ0) is 17.2. The van der Waals surface area contributed by atoms with E-state index in [0.29, 0.717) is 22.5 Å². The van der Waals surface area contributed by atoms with Crippen molar-refractivity contribution in [2.24, 2.45) is 0 Å². The van der Waals surface area contributed by atoms with Crippen LogP contribution in [0.15, 0.2) is 59.1 Å². The Balaban J connectivity index is 1.61. The second-order valence-corrected chi connectivity index (χ2v) is 6.02. The van der Waals surface area contributed by atoms with E-state index < -0.39 is 0 Å². The minimum atomic E-state index is 0.176. The first kappa shape index (κ1) is 15.6. The molecule has 0 aliphatic heterocycles. The molecule has 0 amide bonds. The van der Waals surface area contributed by atoms with Crippen molar-refractivity contribution in [2.75, 3.05) is 0 Å². The molecule has 2 aromatic heterocycles. The predicted octanol–water partition coefficient (Wildman–Crippen LogP) is 4.83. The summed E-state index contributed by atoms with van der Waals surface area (Å²) in [4.78, 5) is 8.98. The van der Waals surface area contributed by atoms with E-state index in [2.05, 4.69) is 15.1 Å². The second-order valence-electron chi connectivity index (χ2n) is 5.59. The van der Waals surface area contributed by atoms with E-state index in [1.54, 1.807) is 12.1 Å². The van der Waals surface area contributed by atoms with Crippen molar-refractivity contribution in [3.63, 3.8) is 0 Å². The highest BCUT2D eigenvalue weighted by atomic mass is 35.5. The molecule has 0 aliphatic rings. The summed E-state index contributed by atoms with van der Waals surface area (Å²) in [6, 6.07) is 17.0. The number of ether oxygens (including phenoxy) is 1. The van der Waals surface area contributed by atoms with Crippen LogP contribution in [0.25, 0.3) is 22.3 Å². The molecular formula is C19H14ClN3O2. The van der Waals surface area contributed by atoms with E-state index in [9.17, 15) is 0 Å². The number of halogens is 1. The van der Waals surface area contributed by atoms with Gasteiger partial charge in [0.1, 0.15) is 5.75 Å². The number of nitrogens with zero attached hydrogens (tertiary/aromatic N) is 3. The molecule has 0 N–H and O–H groups in total. The van der Waals surface area contributed by atoms with Gasteiger partial charge in [0, 0.05) is 21.7 Å². The summed E-state index contributed by atoms with van der Waals surface area (Å²) in [7, 11) is 0. The van der Waals surface area contributed by atoms with Gasteiger partial charge >= 0.3 is 0 Å². The SMILES string of the molecule is Cc1cc(-c2noc(COc3cccc(Cl)c3)n2)c2ccccc2n1. The summed E-state index contributed by atoms with van der Waals surface area (Å²) in [6.45, 7) is 2.12. The van der Waals surface area contributed by atoms with Gasteiger partial charge in [-0.15, -0.1) is 0 Å². The molecule has 0 unspecified atom stereocenters. The molecular weight excluding hydrogens is 338 g/mol. The van der Waals surface area contributed by atoms with Crippen LogP contribution in [0.2, 0.25) is 5.02 Å². The summed E-state index contributed by atoms with van der Waals surface area (Å²) in [5.74, 6) is 1.57. The standard InChI is InChI=1S/C19H14ClN3O2/c1-12-9-16(15-7-2-3-8-17(15)21-12)19-22-18(25-23-19)11-24-14-6-4-5-13(20)10-14/h2-10H,11H2,1H3. The average molecular weight is 352 g/mol. The third kappa shape index (κ3) is 3.32. The first-order valence-corrected chi connectivity index (χ1v) is 8.14. The summed E-state index contributed by atoms with van der Waals surface area (Å²) in [5, 5.41) is 5.68. The van der Waals surface area contributed by atoms with Gasteiger partial charge in [0.2, 0.25) is 5.82 Å². The average Bonchev–Trinajstić information content (AvgIpc) is 3.08. The first-order valence-electron chi connectivity index (χ1n) is 7.77. The fourth-order valence-electron chi connectivity index (χ4n) is 2.62. The molecule has 2 aromatic carbocycles. The number of aromatic nitrogens is 3. The van der Waals surface area contributed by atoms with Crippen molar-refractivity contribution in [3.8, 4) is 17.1 Å². The Morgan fingerprint density at radius 3 is 2.80 bits per heavy atom. The van der Waals surface area contributed by atoms with Crippen LogP contribution in [-0.2, 0) is 6.61 Å². The monoisotopic (exact) mass is 351 g/mol. The van der Waals surface area contributed by atoms with E-state index in [-0.39, 0.29) is 6.61 Å². The quantitative estimate of drug-likeness (QED) is 0.527. The van der Waals surface area contributed by atoms with Gasteiger partial charge in [-0.2, -0.15) is 4.98 Å². The molecule has 4 aromatic rings. The van der Waals surface area contributed by atoms with Crippen molar-refractivity contribution in [3.05, 3.63) is 71.2 Å². The van der Waals surface area contributed by atoms with Crippen molar-refractivity contribution in [1.29, 1.82) is 0 Å². The molecule has 2 heterocycles. The highest BCUT2D eigenvalue weighted by Gasteiger charge is 2.13. The van der Waals surface area contributed by atoms with Gasteiger partial charge in [0.15, 0.2) is 6.61 Å². The number of para-hydroxylation sites is 1. The van der Waals surface area contributed by atoms with Crippen LogP contribution in [0.4, 0.5) is 0 Å². The van der Waals surface area contributed by atoms with Crippen molar-refractivity contribution >= 4 is 22.5 Å². The van der Waals surface area contributed by atoms with Gasteiger partial charge in [0.05, 0.1) is 5.52 Å². The van der Waals surface area contributed by atoms with E-state index in [1.165, 1.54) is 0 Å².